The third-order valence-corrected chi connectivity index (χ3v) is 2.97. The van der Waals surface area contributed by atoms with Gasteiger partial charge in [0.25, 0.3) is 0 Å². The first-order chi connectivity index (χ1) is 8.84. The molecule has 104 valence electrons. The molecule has 1 unspecified atom stereocenters. The van der Waals surface area contributed by atoms with Crippen LogP contribution in [0.25, 0.3) is 0 Å². The molecule has 0 aliphatic heterocycles. The number of benzene rings is 1. The molecule has 0 aromatic heterocycles. The number of hydrogen-bond acceptors (Lipinski definition) is 4. The van der Waals surface area contributed by atoms with Crippen molar-refractivity contribution in [3.63, 3.8) is 0 Å². The molecule has 0 bridgehead atoms. The van der Waals surface area contributed by atoms with Gasteiger partial charge in [-0.1, -0.05) is 25.9 Å². The lowest BCUT2D eigenvalue weighted by Gasteiger charge is -2.21. The number of oxime groups is 1. The van der Waals surface area contributed by atoms with Crippen LogP contribution in [0.5, 0.6) is 5.75 Å². The molecule has 1 aromatic carbocycles. The highest BCUT2D eigenvalue weighted by Gasteiger charge is 2.29. The fourth-order valence-corrected chi connectivity index (χ4v) is 2.16. The second-order valence-corrected chi connectivity index (χ2v) is 5.87. The quantitative estimate of drug-likeness (QED) is 0.473. The van der Waals surface area contributed by atoms with E-state index < -0.39 is 10.4 Å². The second-order valence-electron chi connectivity index (χ2n) is 5.03. The van der Waals surface area contributed by atoms with Crippen molar-refractivity contribution >= 4 is 27.9 Å². The van der Waals surface area contributed by atoms with Gasteiger partial charge < -0.3 is 9.57 Å². The maximum Gasteiger partial charge on any atom is 0.211 e. The van der Waals surface area contributed by atoms with Crippen LogP contribution >= 0.6 is 15.9 Å². The zero-order valence-electron chi connectivity index (χ0n) is 11.5. The van der Waals surface area contributed by atoms with Crippen LogP contribution in [0.2, 0.25) is 0 Å². The van der Waals surface area contributed by atoms with Crippen molar-refractivity contribution in [2.45, 2.75) is 25.8 Å². The van der Waals surface area contributed by atoms with E-state index in [1.165, 1.54) is 7.11 Å². The third kappa shape index (κ3) is 5.03. The number of hydrogen-bond donors (Lipinski definition) is 0. The predicted octanol–water partition coefficient (Wildman–Crippen LogP) is 3.38. The van der Waals surface area contributed by atoms with Crippen LogP contribution in [0.4, 0.5) is 0 Å². The van der Waals surface area contributed by atoms with Gasteiger partial charge in [0, 0.05) is 5.41 Å². The van der Waals surface area contributed by atoms with E-state index in [-0.39, 0.29) is 5.78 Å². The smallest absolute Gasteiger partial charge is 0.211 e. The van der Waals surface area contributed by atoms with Crippen molar-refractivity contribution in [3.8, 4) is 5.75 Å². The molecule has 0 aliphatic carbocycles. The van der Waals surface area contributed by atoms with Gasteiger partial charge in [-0.15, -0.1) is 0 Å². The molecule has 4 nitrogen and oxygen atoms in total. The maximum absolute atomic E-state index is 12.0. The van der Waals surface area contributed by atoms with Gasteiger partial charge in [0.2, 0.25) is 5.01 Å². The molecule has 1 rings (SSSR count). The molecule has 1 atom stereocenters. The molecule has 5 heteroatoms. The fourth-order valence-electron chi connectivity index (χ4n) is 1.26. The van der Waals surface area contributed by atoms with Crippen molar-refractivity contribution in [2.24, 2.45) is 10.6 Å². The Morgan fingerprint density at radius 2 is 1.89 bits per heavy atom. The van der Waals surface area contributed by atoms with Crippen molar-refractivity contribution < 1.29 is 14.4 Å². The molecule has 19 heavy (non-hydrogen) atoms. The van der Waals surface area contributed by atoms with Crippen molar-refractivity contribution in [1.82, 2.24) is 0 Å². The number of carbonyl (C=O) groups is 1. The van der Waals surface area contributed by atoms with E-state index >= 15 is 0 Å². The summed E-state index contributed by atoms with van der Waals surface area (Å²) in [6, 6.07) is 7.22. The maximum atomic E-state index is 12.0. The molecule has 0 heterocycles. The Labute approximate surface area is 121 Å². The standard InChI is InChI=1S/C14H18BrNO3/c1-14(2,3)12(17)13(15)19-11-7-5-10(6-8-11)9-16-18-4/h5-9,13H,1-4H3. The van der Waals surface area contributed by atoms with E-state index in [0.717, 1.165) is 5.56 Å². The Morgan fingerprint density at radius 3 is 2.37 bits per heavy atom. The van der Waals surface area contributed by atoms with Crippen LogP contribution < -0.4 is 4.74 Å². The van der Waals surface area contributed by atoms with Crippen molar-refractivity contribution in [2.75, 3.05) is 7.11 Å². The Kier molecular flexibility index (Phi) is 5.54. The van der Waals surface area contributed by atoms with E-state index in [2.05, 4.69) is 25.9 Å². The summed E-state index contributed by atoms with van der Waals surface area (Å²) < 4.78 is 5.55. The molecular weight excluding hydrogens is 310 g/mol. The predicted molar refractivity (Wildman–Crippen MR) is 78.9 cm³/mol. The van der Waals surface area contributed by atoms with Crippen LogP contribution in [-0.4, -0.2) is 24.1 Å². The number of ketones is 1. The van der Waals surface area contributed by atoms with Crippen molar-refractivity contribution in [3.05, 3.63) is 29.8 Å². The Bertz CT molecular complexity index is 449. The summed E-state index contributed by atoms with van der Waals surface area (Å²) >= 11 is 3.26. The van der Waals surface area contributed by atoms with E-state index in [1.807, 2.05) is 32.9 Å². The SMILES string of the molecule is CON=Cc1ccc(OC(Br)C(=O)C(C)(C)C)cc1. The van der Waals surface area contributed by atoms with Gasteiger partial charge in [-0.3, -0.25) is 4.79 Å². The minimum atomic E-state index is -0.647. The van der Waals surface area contributed by atoms with Gasteiger partial charge >= 0.3 is 0 Å². The number of carbonyl (C=O) groups excluding carboxylic acids is 1. The highest BCUT2D eigenvalue weighted by Crippen LogP contribution is 2.23. The Morgan fingerprint density at radius 1 is 1.32 bits per heavy atom. The third-order valence-electron chi connectivity index (χ3n) is 2.37. The molecule has 0 aliphatic rings. The summed E-state index contributed by atoms with van der Waals surface area (Å²) in [5.41, 5.74) is 0.446. The molecule has 0 saturated heterocycles. The molecule has 1 aromatic rings. The summed E-state index contributed by atoms with van der Waals surface area (Å²) in [6.45, 7) is 5.58. The highest BCUT2D eigenvalue weighted by atomic mass is 79.9. The van der Waals surface area contributed by atoms with E-state index in [9.17, 15) is 4.79 Å². The zero-order chi connectivity index (χ0) is 14.5. The number of Topliss-reactive ketones (excluding diaryl/α,β-unsaturated/α-hetero) is 1. The molecule has 0 fully saturated rings. The largest absolute Gasteiger partial charge is 0.471 e. The van der Waals surface area contributed by atoms with Gasteiger partial charge in [0.05, 0.1) is 6.21 Å². The van der Waals surface area contributed by atoms with Crippen molar-refractivity contribution in [1.29, 1.82) is 0 Å². The van der Waals surface area contributed by atoms with E-state index in [1.54, 1.807) is 18.3 Å². The molecule has 0 N–H and O–H groups in total. The first-order valence-corrected chi connectivity index (χ1v) is 6.78. The molecule has 0 amide bonds. The Hall–Kier alpha value is -1.36. The van der Waals surface area contributed by atoms with E-state index in [0.29, 0.717) is 5.75 Å². The van der Waals surface area contributed by atoms with Gasteiger partial charge in [-0.2, -0.15) is 0 Å². The lowest BCUT2D eigenvalue weighted by atomic mass is 9.91. The average Bonchev–Trinajstić information content (AvgIpc) is 2.36. The van der Waals surface area contributed by atoms with Gasteiger partial charge in [0.1, 0.15) is 12.9 Å². The fraction of sp³-hybridized carbons (Fsp3) is 0.429. The van der Waals surface area contributed by atoms with Crippen LogP contribution in [0.1, 0.15) is 26.3 Å². The number of ether oxygens (including phenoxy) is 1. The minimum absolute atomic E-state index is 0.00229. The molecule has 0 radical (unpaired) electrons. The highest BCUT2D eigenvalue weighted by molar-refractivity contribution is 9.09. The summed E-state index contributed by atoms with van der Waals surface area (Å²) in [4.78, 5) is 16.6. The van der Waals surface area contributed by atoms with Crippen LogP contribution in [0, 0.1) is 5.41 Å². The molecule has 0 spiro atoms. The lowest BCUT2D eigenvalue weighted by molar-refractivity contribution is -0.129. The summed E-state index contributed by atoms with van der Waals surface area (Å²) in [5, 5.41) is 3.02. The van der Waals surface area contributed by atoms with Gasteiger partial charge in [-0.05, 0) is 45.8 Å². The Balaban J connectivity index is 2.68. The second kappa shape index (κ2) is 6.70. The number of rotatable bonds is 5. The molecule has 0 saturated carbocycles. The number of alkyl halides is 1. The summed E-state index contributed by atoms with van der Waals surface area (Å²) in [6.07, 6.45) is 1.59. The molecular formula is C14H18BrNO3. The summed E-state index contributed by atoms with van der Waals surface area (Å²) in [7, 11) is 1.49. The number of halogens is 1. The van der Waals surface area contributed by atoms with Gasteiger partial charge in [0.15, 0.2) is 5.78 Å². The van der Waals surface area contributed by atoms with E-state index in [4.69, 9.17) is 4.74 Å². The zero-order valence-corrected chi connectivity index (χ0v) is 13.1. The lowest BCUT2D eigenvalue weighted by Crippen LogP contribution is -2.32. The number of nitrogens with zero attached hydrogens (tertiary/aromatic N) is 1. The minimum Gasteiger partial charge on any atom is -0.471 e. The van der Waals surface area contributed by atoms with Gasteiger partial charge in [-0.25, -0.2) is 0 Å². The monoisotopic (exact) mass is 327 g/mol. The summed E-state index contributed by atoms with van der Waals surface area (Å²) in [5.74, 6) is 0.617. The van der Waals surface area contributed by atoms with Crippen LogP contribution in [0.15, 0.2) is 29.4 Å². The normalized spacial score (nSPS) is 13.3. The topological polar surface area (TPSA) is 47.9 Å². The first-order valence-electron chi connectivity index (χ1n) is 5.86. The first kappa shape index (κ1) is 15.7. The van der Waals surface area contributed by atoms with Crippen LogP contribution in [-0.2, 0) is 9.63 Å². The van der Waals surface area contributed by atoms with Crippen LogP contribution in [0.3, 0.4) is 0 Å². The average molecular weight is 328 g/mol.